The van der Waals surface area contributed by atoms with Gasteiger partial charge in [0.1, 0.15) is 11.0 Å². The Morgan fingerprint density at radius 1 is 1.53 bits per heavy atom. The topological polar surface area (TPSA) is 35.0 Å². The summed E-state index contributed by atoms with van der Waals surface area (Å²) < 4.78 is 5.49. The summed E-state index contributed by atoms with van der Waals surface area (Å²) in [5.41, 5.74) is 1.92. The van der Waals surface area contributed by atoms with Gasteiger partial charge in [-0.2, -0.15) is 0 Å². The first kappa shape index (κ1) is 10.8. The maximum atomic E-state index is 6.14. The van der Waals surface area contributed by atoms with Crippen molar-refractivity contribution in [3.05, 3.63) is 22.2 Å². The standard InChI is InChI=1S/C11H15ClN2O/c1-4-6(2)11-13-8-5-15-7(3)9(8)10(12)14-11/h6-7H,4-5H2,1-3H3. The molecular formula is C11H15ClN2O. The molecule has 0 aliphatic carbocycles. The van der Waals surface area contributed by atoms with Gasteiger partial charge in [0, 0.05) is 11.5 Å². The summed E-state index contributed by atoms with van der Waals surface area (Å²) in [5.74, 6) is 1.18. The molecule has 1 aliphatic heterocycles. The lowest BCUT2D eigenvalue weighted by molar-refractivity contribution is 0.0786. The van der Waals surface area contributed by atoms with Gasteiger partial charge in [0.15, 0.2) is 0 Å². The van der Waals surface area contributed by atoms with Gasteiger partial charge in [-0.1, -0.05) is 25.4 Å². The Labute approximate surface area is 94.8 Å². The second-order valence-corrected chi connectivity index (χ2v) is 4.35. The van der Waals surface area contributed by atoms with Crippen LogP contribution in [0.1, 0.15) is 56.3 Å². The number of rotatable bonds is 2. The fraction of sp³-hybridized carbons (Fsp3) is 0.636. The highest BCUT2D eigenvalue weighted by atomic mass is 35.5. The molecule has 15 heavy (non-hydrogen) atoms. The van der Waals surface area contributed by atoms with E-state index in [-0.39, 0.29) is 6.10 Å². The van der Waals surface area contributed by atoms with Gasteiger partial charge in [0.2, 0.25) is 0 Å². The molecule has 2 unspecified atom stereocenters. The first-order valence-electron chi connectivity index (χ1n) is 5.31. The van der Waals surface area contributed by atoms with Crippen LogP contribution in [-0.2, 0) is 11.3 Å². The van der Waals surface area contributed by atoms with E-state index in [4.69, 9.17) is 16.3 Å². The molecule has 0 radical (unpaired) electrons. The summed E-state index contributed by atoms with van der Waals surface area (Å²) in [4.78, 5) is 8.86. The number of ether oxygens (including phenoxy) is 1. The number of hydrogen-bond acceptors (Lipinski definition) is 3. The Balaban J connectivity index is 2.44. The van der Waals surface area contributed by atoms with Gasteiger partial charge < -0.3 is 4.74 Å². The Hall–Kier alpha value is -0.670. The monoisotopic (exact) mass is 226 g/mol. The van der Waals surface area contributed by atoms with Crippen LogP contribution in [0.2, 0.25) is 5.15 Å². The smallest absolute Gasteiger partial charge is 0.138 e. The molecule has 1 aliphatic rings. The highest BCUT2D eigenvalue weighted by Gasteiger charge is 2.26. The highest BCUT2D eigenvalue weighted by Crippen LogP contribution is 2.34. The third-order valence-corrected chi connectivity index (χ3v) is 3.21. The van der Waals surface area contributed by atoms with E-state index in [2.05, 4.69) is 23.8 Å². The fourth-order valence-corrected chi connectivity index (χ4v) is 2.06. The van der Waals surface area contributed by atoms with E-state index < -0.39 is 0 Å². The molecule has 2 rings (SSSR count). The van der Waals surface area contributed by atoms with Gasteiger partial charge in [-0.05, 0) is 13.3 Å². The molecule has 2 atom stereocenters. The molecule has 1 aromatic heterocycles. The summed E-state index contributed by atoms with van der Waals surface area (Å²) >= 11 is 6.14. The van der Waals surface area contributed by atoms with Crippen molar-refractivity contribution in [1.82, 2.24) is 9.97 Å². The van der Waals surface area contributed by atoms with Gasteiger partial charge in [-0.3, -0.25) is 0 Å². The van der Waals surface area contributed by atoms with Gasteiger partial charge in [0.05, 0.1) is 18.4 Å². The predicted octanol–water partition coefficient (Wildman–Crippen LogP) is 3.23. The van der Waals surface area contributed by atoms with Crippen molar-refractivity contribution in [3.8, 4) is 0 Å². The van der Waals surface area contributed by atoms with Gasteiger partial charge >= 0.3 is 0 Å². The first-order valence-corrected chi connectivity index (χ1v) is 5.69. The van der Waals surface area contributed by atoms with Crippen LogP contribution in [0.5, 0.6) is 0 Å². The Morgan fingerprint density at radius 3 is 2.93 bits per heavy atom. The zero-order valence-electron chi connectivity index (χ0n) is 9.25. The van der Waals surface area contributed by atoms with E-state index in [0.717, 1.165) is 23.5 Å². The fourth-order valence-electron chi connectivity index (χ4n) is 1.71. The average molecular weight is 227 g/mol. The van der Waals surface area contributed by atoms with Crippen molar-refractivity contribution in [1.29, 1.82) is 0 Å². The third kappa shape index (κ3) is 1.86. The molecule has 2 heterocycles. The minimum Gasteiger partial charge on any atom is -0.367 e. The maximum Gasteiger partial charge on any atom is 0.138 e. The van der Waals surface area contributed by atoms with Crippen LogP contribution >= 0.6 is 11.6 Å². The van der Waals surface area contributed by atoms with Crippen LogP contribution in [0.15, 0.2) is 0 Å². The Morgan fingerprint density at radius 2 is 2.27 bits per heavy atom. The van der Waals surface area contributed by atoms with E-state index in [1.807, 2.05) is 6.92 Å². The minimum absolute atomic E-state index is 0.0264. The van der Waals surface area contributed by atoms with Crippen molar-refractivity contribution in [2.24, 2.45) is 0 Å². The summed E-state index contributed by atoms with van der Waals surface area (Å²) in [6, 6.07) is 0. The van der Waals surface area contributed by atoms with Gasteiger partial charge in [0.25, 0.3) is 0 Å². The highest BCUT2D eigenvalue weighted by molar-refractivity contribution is 6.30. The number of halogens is 1. The SMILES string of the molecule is CCC(C)c1nc(Cl)c2c(n1)COC2C. The second kappa shape index (κ2) is 4.06. The molecule has 0 N–H and O–H groups in total. The predicted molar refractivity (Wildman–Crippen MR) is 59.0 cm³/mol. The average Bonchev–Trinajstić information content (AvgIpc) is 2.59. The summed E-state index contributed by atoms with van der Waals surface area (Å²) in [5, 5.41) is 0.556. The summed E-state index contributed by atoms with van der Waals surface area (Å²) in [6.07, 6.45) is 1.05. The molecular weight excluding hydrogens is 212 g/mol. The van der Waals surface area contributed by atoms with E-state index in [9.17, 15) is 0 Å². The molecule has 0 amide bonds. The summed E-state index contributed by atoms with van der Waals surface area (Å²) in [7, 11) is 0. The Kier molecular flexibility index (Phi) is 2.94. The van der Waals surface area contributed by atoms with E-state index >= 15 is 0 Å². The van der Waals surface area contributed by atoms with Gasteiger partial charge in [-0.25, -0.2) is 9.97 Å². The van der Waals surface area contributed by atoms with Crippen LogP contribution in [0.25, 0.3) is 0 Å². The zero-order chi connectivity index (χ0) is 11.0. The van der Waals surface area contributed by atoms with Crippen LogP contribution in [0, 0.1) is 0 Å². The maximum absolute atomic E-state index is 6.14. The van der Waals surface area contributed by atoms with Gasteiger partial charge in [-0.15, -0.1) is 0 Å². The minimum atomic E-state index is 0.0264. The zero-order valence-corrected chi connectivity index (χ0v) is 10.0. The summed E-state index contributed by atoms with van der Waals surface area (Å²) in [6.45, 7) is 6.76. The van der Waals surface area contributed by atoms with Crippen molar-refractivity contribution in [2.75, 3.05) is 0 Å². The van der Waals surface area contributed by atoms with Crippen LogP contribution < -0.4 is 0 Å². The van der Waals surface area contributed by atoms with Crippen molar-refractivity contribution >= 4 is 11.6 Å². The quantitative estimate of drug-likeness (QED) is 0.727. The van der Waals surface area contributed by atoms with E-state index in [1.54, 1.807) is 0 Å². The second-order valence-electron chi connectivity index (χ2n) is 4.00. The molecule has 0 saturated carbocycles. The first-order chi connectivity index (χ1) is 7.13. The van der Waals surface area contributed by atoms with E-state index in [0.29, 0.717) is 17.7 Å². The molecule has 82 valence electrons. The Bertz CT molecular complexity index is 381. The molecule has 1 aromatic rings. The lowest BCUT2D eigenvalue weighted by Gasteiger charge is -2.10. The molecule has 0 bridgehead atoms. The van der Waals surface area contributed by atoms with E-state index in [1.165, 1.54) is 0 Å². The molecule has 0 spiro atoms. The normalized spacial score (nSPS) is 21.5. The number of hydrogen-bond donors (Lipinski definition) is 0. The largest absolute Gasteiger partial charge is 0.367 e. The molecule has 0 saturated heterocycles. The number of fused-ring (bicyclic) bond motifs is 1. The van der Waals surface area contributed by atoms with Crippen LogP contribution in [0.3, 0.4) is 0 Å². The molecule has 3 nitrogen and oxygen atoms in total. The van der Waals surface area contributed by atoms with Crippen molar-refractivity contribution < 1.29 is 4.74 Å². The number of nitrogens with zero attached hydrogens (tertiary/aromatic N) is 2. The number of aromatic nitrogens is 2. The lowest BCUT2D eigenvalue weighted by Crippen LogP contribution is -2.05. The van der Waals surface area contributed by atoms with Crippen molar-refractivity contribution in [2.45, 2.75) is 45.8 Å². The molecule has 0 aromatic carbocycles. The molecule has 0 fully saturated rings. The third-order valence-electron chi connectivity index (χ3n) is 2.93. The lowest BCUT2D eigenvalue weighted by atomic mass is 10.1. The van der Waals surface area contributed by atoms with Crippen LogP contribution in [-0.4, -0.2) is 9.97 Å². The van der Waals surface area contributed by atoms with Crippen LogP contribution in [0.4, 0.5) is 0 Å². The molecule has 4 heteroatoms. The van der Waals surface area contributed by atoms with Crippen molar-refractivity contribution in [3.63, 3.8) is 0 Å².